The minimum atomic E-state index is -0.385. The van der Waals surface area contributed by atoms with E-state index in [-0.39, 0.29) is 16.0 Å². The number of nitrogens with zero attached hydrogens (tertiary/aromatic N) is 1. The zero-order valence-corrected chi connectivity index (χ0v) is 8.34. The van der Waals surface area contributed by atoms with Gasteiger partial charge in [-0.1, -0.05) is 11.3 Å². The van der Waals surface area contributed by atoms with Crippen LogP contribution < -0.4 is 0 Å². The first-order chi connectivity index (χ1) is 6.09. The molecule has 1 aromatic rings. The van der Waals surface area contributed by atoms with Crippen LogP contribution in [0.2, 0.25) is 0 Å². The van der Waals surface area contributed by atoms with Crippen molar-refractivity contribution in [3.8, 4) is 0 Å². The molecule has 0 saturated heterocycles. The number of ether oxygens (including phenoxy) is 1. The molecule has 0 radical (unpaired) electrons. The Balaban J connectivity index is 2.54. The smallest absolute Gasteiger partial charge is 0.324 e. The van der Waals surface area contributed by atoms with Gasteiger partial charge in [-0.15, -0.1) is 0 Å². The van der Waals surface area contributed by atoms with Gasteiger partial charge in [0.05, 0.1) is 17.6 Å². The Kier molecular flexibility index (Phi) is 3.39. The van der Waals surface area contributed by atoms with E-state index in [1.807, 2.05) is 13.8 Å². The van der Waals surface area contributed by atoms with E-state index in [2.05, 4.69) is 0 Å². The SMILES string of the molecule is CC(C)OCc1ccc([N+](=O)[O-])s1. The Morgan fingerprint density at radius 3 is 2.77 bits per heavy atom. The minimum absolute atomic E-state index is 0.154. The summed E-state index contributed by atoms with van der Waals surface area (Å²) in [5.41, 5.74) is 0. The molecule has 13 heavy (non-hydrogen) atoms. The van der Waals surface area contributed by atoms with Crippen molar-refractivity contribution in [2.45, 2.75) is 26.6 Å². The Hall–Kier alpha value is -0.940. The van der Waals surface area contributed by atoms with Crippen molar-refractivity contribution in [2.24, 2.45) is 0 Å². The first-order valence-corrected chi connectivity index (χ1v) is 4.76. The van der Waals surface area contributed by atoms with Gasteiger partial charge < -0.3 is 4.74 Å². The lowest BCUT2D eigenvalue weighted by molar-refractivity contribution is -0.380. The van der Waals surface area contributed by atoms with Crippen LogP contribution in [0.25, 0.3) is 0 Å². The predicted molar refractivity (Wildman–Crippen MR) is 50.9 cm³/mol. The van der Waals surface area contributed by atoms with Crippen molar-refractivity contribution in [1.29, 1.82) is 0 Å². The van der Waals surface area contributed by atoms with Crippen molar-refractivity contribution < 1.29 is 9.66 Å². The van der Waals surface area contributed by atoms with E-state index in [1.54, 1.807) is 6.07 Å². The Morgan fingerprint density at radius 1 is 1.62 bits per heavy atom. The summed E-state index contributed by atoms with van der Waals surface area (Å²) in [6.45, 7) is 4.32. The Morgan fingerprint density at radius 2 is 2.31 bits per heavy atom. The lowest BCUT2D eigenvalue weighted by Crippen LogP contribution is -2.00. The van der Waals surface area contributed by atoms with E-state index in [0.717, 1.165) is 16.2 Å². The average molecular weight is 201 g/mol. The molecule has 5 heteroatoms. The fourth-order valence-electron chi connectivity index (χ4n) is 0.791. The van der Waals surface area contributed by atoms with Gasteiger partial charge in [0.1, 0.15) is 0 Å². The maximum absolute atomic E-state index is 10.3. The molecular weight excluding hydrogens is 190 g/mol. The normalized spacial score (nSPS) is 10.7. The zero-order valence-electron chi connectivity index (χ0n) is 7.52. The molecule has 0 aliphatic heterocycles. The Bertz CT molecular complexity index is 295. The summed E-state index contributed by atoms with van der Waals surface area (Å²) < 4.78 is 5.31. The third kappa shape index (κ3) is 3.12. The molecule has 0 unspecified atom stereocenters. The van der Waals surface area contributed by atoms with E-state index >= 15 is 0 Å². The third-order valence-electron chi connectivity index (χ3n) is 1.39. The number of thiophene rings is 1. The minimum Gasteiger partial charge on any atom is -0.373 e. The number of rotatable bonds is 4. The molecule has 1 rings (SSSR count). The molecule has 0 aromatic carbocycles. The van der Waals surface area contributed by atoms with Crippen LogP contribution in [0, 0.1) is 10.1 Å². The van der Waals surface area contributed by atoms with Crippen molar-refractivity contribution in [3.05, 3.63) is 27.1 Å². The molecule has 0 saturated carbocycles. The summed E-state index contributed by atoms with van der Waals surface area (Å²) in [7, 11) is 0. The maximum atomic E-state index is 10.3. The van der Waals surface area contributed by atoms with E-state index in [0.29, 0.717) is 6.61 Å². The molecule has 0 bridgehead atoms. The van der Waals surface area contributed by atoms with Gasteiger partial charge in [0.15, 0.2) is 0 Å². The first kappa shape index (κ1) is 10.1. The van der Waals surface area contributed by atoms with Crippen LogP contribution in [0.3, 0.4) is 0 Å². The quantitative estimate of drug-likeness (QED) is 0.555. The standard InChI is InChI=1S/C8H11NO3S/c1-6(2)12-5-7-3-4-8(13-7)9(10)11/h3-4,6H,5H2,1-2H3. The van der Waals surface area contributed by atoms with Crippen molar-refractivity contribution in [2.75, 3.05) is 0 Å². The van der Waals surface area contributed by atoms with Crippen LogP contribution >= 0.6 is 11.3 Å². The molecule has 0 aliphatic rings. The summed E-state index contributed by atoms with van der Waals surface area (Å²) in [6.07, 6.45) is 0.154. The third-order valence-corrected chi connectivity index (χ3v) is 2.40. The summed E-state index contributed by atoms with van der Waals surface area (Å²) in [6, 6.07) is 3.23. The van der Waals surface area contributed by atoms with E-state index in [4.69, 9.17) is 4.74 Å². The van der Waals surface area contributed by atoms with Crippen LogP contribution in [0.4, 0.5) is 5.00 Å². The van der Waals surface area contributed by atoms with Crippen LogP contribution in [0.5, 0.6) is 0 Å². The molecule has 0 amide bonds. The molecule has 1 aromatic heterocycles. The van der Waals surface area contributed by atoms with Gasteiger partial charge in [-0.2, -0.15) is 0 Å². The van der Waals surface area contributed by atoms with E-state index in [1.165, 1.54) is 6.07 Å². The fraction of sp³-hybridized carbons (Fsp3) is 0.500. The second-order valence-electron chi connectivity index (χ2n) is 2.86. The molecule has 0 N–H and O–H groups in total. The number of hydrogen-bond acceptors (Lipinski definition) is 4. The molecule has 0 spiro atoms. The molecule has 72 valence electrons. The van der Waals surface area contributed by atoms with Gasteiger partial charge in [0, 0.05) is 10.9 Å². The molecule has 0 fully saturated rings. The number of hydrogen-bond donors (Lipinski definition) is 0. The van der Waals surface area contributed by atoms with Gasteiger partial charge in [0.25, 0.3) is 0 Å². The predicted octanol–water partition coefficient (Wildman–Crippen LogP) is 2.58. The van der Waals surface area contributed by atoms with Crippen LogP contribution in [0.15, 0.2) is 12.1 Å². The van der Waals surface area contributed by atoms with Crippen molar-refractivity contribution in [1.82, 2.24) is 0 Å². The van der Waals surface area contributed by atoms with Crippen LogP contribution in [-0.2, 0) is 11.3 Å². The highest BCUT2D eigenvalue weighted by atomic mass is 32.1. The van der Waals surface area contributed by atoms with Gasteiger partial charge in [0.2, 0.25) is 0 Å². The lowest BCUT2D eigenvalue weighted by Gasteiger charge is -2.03. The van der Waals surface area contributed by atoms with Crippen LogP contribution in [0.1, 0.15) is 18.7 Å². The van der Waals surface area contributed by atoms with Crippen molar-refractivity contribution >= 4 is 16.3 Å². The highest BCUT2D eigenvalue weighted by Gasteiger charge is 2.09. The van der Waals surface area contributed by atoms with E-state index in [9.17, 15) is 10.1 Å². The molecular formula is C8H11NO3S. The Labute approximate surface area is 80.3 Å². The fourth-order valence-corrected chi connectivity index (χ4v) is 1.53. The van der Waals surface area contributed by atoms with E-state index < -0.39 is 0 Å². The maximum Gasteiger partial charge on any atom is 0.324 e. The zero-order chi connectivity index (χ0) is 9.84. The monoisotopic (exact) mass is 201 g/mol. The lowest BCUT2D eigenvalue weighted by atomic mass is 10.4. The summed E-state index contributed by atoms with van der Waals surface area (Å²) in [5, 5.41) is 10.5. The summed E-state index contributed by atoms with van der Waals surface area (Å²) >= 11 is 1.16. The second kappa shape index (κ2) is 4.34. The van der Waals surface area contributed by atoms with Gasteiger partial charge in [-0.05, 0) is 19.9 Å². The van der Waals surface area contributed by atoms with Gasteiger partial charge in [-0.3, -0.25) is 10.1 Å². The summed E-state index contributed by atoms with van der Waals surface area (Å²) in [4.78, 5) is 10.8. The topological polar surface area (TPSA) is 52.4 Å². The molecule has 1 heterocycles. The molecule has 4 nitrogen and oxygen atoms in total. The second-order valence-corrected chi connectivity index (χ2v) is 4.00. The largest absolute Gasteiger partial charge is 0.373 e. The summed E-state index contributed by atoms with van der Waals surface area (Å²) in [5.74, 6) is 0. The van der Waals surface area contributed by atoms with Gasteiger partial charge in [-0.25, -0.2) is 0 Å². The van der Waals surface area contributed by atoms with Crippen molar-refractivity contribution in [3.63, 3.8) is 0 Å². The highest BCUT2D eigenvalue weighted by molar-refractivity contribution is 7.15. The first-order valence-electron chi connectivity index (χ1n) is 3.94. The number of nitro groups is 1. The highest BCUT2D eigenvalue weighted by Crippen LogP contribution is 2.24. The van der Waals surface area contributed by atoms with Gasteiger partial charge >= 0.3 is 5.00 Å². The van der Waals surface area contributed by atoms with Crippen LogP contribution in [-0.4, -0.2) is 11.0 Å². The average Bonchev–Trinajstić information content (AvgIpc) is 2.48. The molecule has 0 aliphatic carbocycles. The molecule has 0 atom stereocenters.